The molecule has 14 heteroatoms. The number of likely N-dealkylation sites (N-methyl/N-ethyl adjacent to an activating group) is 1. The van der Waals surface area contributed by atoms with Crippen LogP contribution < -0.4 is 21.3 Å². The van der Waals surface area contributed by atoms with Gasteiger partial charge in [0.1, 0.15) is 5.69 Å². The maximum Gasteiger partial charge on any atom is 0.291 e. The van der Waals surface area contributed by atoms with Gasteiger partial charge in [-0.2, -0.15) is 0 Å². The molecule has 0 unspecified atom stereocenters. The van der Waals surface area contributed by atoms with Gasteiger partial charge in [-0.1, -0.05) is 18.2 Å². The zero-order valence-corrected chi connectivity index (χ0v) is 23.4. The van der Waals surface area contributed by atoms with Gasteiger partial charge >= 0.3 is 0 Å². The molecule has 14 nitrogen and oxygen atoms in total. The van der Waals surface area contributed by atoms with Crippen molar-refractivity contribution < 1.29 is 19.2 Å². The van der Waals surface area contributed by atoms with Crippen molar-refractivity contribution in [2.24, 2.45) is 21.1 Å². The third kappa shape index (κ3) is 7.05. The van der Waals surface area contributed by atoms with Crippen LogP contribution in [0.25, 0.3) is 0 Å². The van der Waals surface area contributed by atoms with E-state index in [2.05, 4.69) is 31.2 Å². The summed E-state index contributed by atoms with van der Waals surface area (Å²) in [7, 11) is 8.77. The van der Waals surface area contributed by atoms with Crippen molar-refractivity contribution in [3.63, 3.8) is 0 Å². The summed E-state index contributed by atoms with van der Waals surface area (Å²) in [5, 5.41) is 10.9. The summed E-state index contributed by atoms with van der Waals surface area (Å²) in [6.45, 7) is 1.14. The van der Waals surface area contributed by atoms with Crippen LogP contribution in [0.1, 0.15) is 42.1 Å². The summed E-state index contributed by atoms with van der Waals surface area (Å²) in [4.78, 5) is 61.2. The molecule has 3 aromatic heterocycles. The van der Waals surface area contributed by atoms with Gasteiger partial charge in [-0.15, -0.1) is 0 Å². The number of imidazole rings is 2. The first-order valence-corrected chi connectivity index (χ1v) is 12.7. The van der Waals surface area contributed by atoms with Gasteiger partial charge in [0.2, 0.25) is 11.6 Å². The van der Waals surface area contributed by atoms with Crippen LogP contribution in [-0.4, -0.2) is 79.4 Å². The number of hydrogen-bond acceptors (Lipinski definition) is 7. The topological polar surface area (TPSA) is 160 Å². The van der Waals surface area contributed by atoms with Gasteiger partial charge in [-0.05, 0) is 32.3 Å². The highest BCUT2D eigenvalue weighted by atomic mass is 16.2. The van der Waals surface area contributed by atoms with Crippen LogP contribution in [0.5, 0.6) is 0 Å². The van der Waals surface area contributed by atoms with Gasteiger partial charge in [0.15, 0.2) is 11.6 Å². The molecule has 4 rings (SSSR count). The molecule has 0 spiro atoms. The quantitative estimate of drug-likeness (QED) is 0.229. The Hall–Kier alpha value is -5.24. The molecule has 4 amide bonds. The molecule has 0 radical (unpaired) electrons. The average Bonchev–Trinajstić information content (AvgIpc) is 3.59. The fraction of sp³-hybridized carbons (Fsp3) is 0.259. The van der Waals surface area contributed by atoms with E-state index in [-0.39, 0.29) is 40.8 Å². The van der Waals surface area contributed by atoms with Gasteiger partial charge in [0.05, 0.1) is 5.69 Å². The fourth-order valence-electron chi connectivity index (χ4n) is 3.95. The van der Waals surface area contributed by atoms with Crippen molar-refractivity contribution in [3.05, 3.63) is 77.9 Å². The molecule has 3 heterocycles. The number of carbonyl (C=O) groups is 4. The van der Waals surface area contributed by atoms with Crippen molar-refractivity contribution in [1.82, 2.24) is 33.9 Å². The predicted molar refractivity (Wildman–Crippen MR) is 153 cm³/mol. The highest BCUT2D eigenvalue weighted by Crippen LogP contribution is 2.17. The minimum atomic E-state index is -0.528. The second-order valence-corrected chi connectivity index (χ2v) is 9.63. The molecule has 0 aliphatic heterocycles. The molecular weight excluding hydrogens is 528 g/mol. The lowest BCUT2D eigenvalue weighted by Crippen LogP contribution is -2.32. The van der Waals surface area contributed by atoms with Crippen LogP contribution >= 0.6 is 0 Å². The number of carbonyl (C=O) groups excluding carboxylic acids is 4. The maximum atomic E-state index is 13.0. The van der Waals surface area contributed by atoms with E-state index in [9.17, 15) is 19.2 Å². The van der Waals surface area contributed by atoms with E-state index in [1.807, 2.05) is 25.1 Å². The lowest BCUT2D eigenvalue weighted by Gasteiger charge is -2.09. The minimum absolute atomic E-state index is 0.0630. The number of aromatic nitrogens is 5. The summed E-state index contributed by atoms with van der Waals surface area (Å²) < 4.78 is 4.56. The lowest BCUT2D eigenvalue weighted by molar-refractivity contribution is 0.0935. The van der Waals surface area contributed by atoms with Gasteiger partial charge in [-0.25, -0.2) is 9.97 Å². The second kappa shape index (κ2) is 12.3. The Kier molecular flexibility index (Phi) is 8.63. The highest BCUT2D eigenvalue weighted by molar-refractivity contribution is 6.07. The van der Waals surface area contributed by atoms with Crippen LogP contribution in [-0.2, 0) is 21.1 Å². The summed E-state index contributed by atoms with van der Waals surface area (Å²) in [6.07, 6.45) is 4.65. The number of aryl methyl sites for hydroxylation is 3. The summed E-state index contributed by atoms with van der Waals surface area (Å²) >= 11 is 0. The summed E-state index contributed by atoms with van der Waals surface area (Å²) in [5.41, 5.74) is 1.07. The van der Waals surface area contributed by atoms with Gasteiger partial charge < -0.3 is 39.9 Å². The number of amides is 4. The Labute approximate surface area is 236 Å². The molecule has 4 aromatic rings. The molecule has 41 heavy (non-hydrogen) atoms. The molecule has 0 atom stereocenters. The first kappa shape index (κ1) is 28.8. The largest absolute Gasteiger partial charge is 0.348 e. The third-order valence-electron chi connectivity index (χ3n) is 6.02. The first-order valence-electron chi connectivity index (χ1n) is 12.7. The molecular formula is C27H32N10O4. The van der Waals surface area contributed by atoms with Crippen molar-refractivity contribution in [2.45, 2.75) is 0 Å². The number of nitrogens with zero attached hydrogens (tertiary/aromatic N) is 6. The van der Waals surface area contributed by atoms with Gasteiger partial charge in [0, 0.05) is 58.4 Å². The van der Waals surface area contributed by atoms with E-state index in [1.54, 1.807) is 62.4 Å². The smallest absolute Gasteiger partial charge is 0.291 e. The molecule has 0 fully saturated rings. The zero-order valence-electron chi connectivity index (χ0n) is 23.4. The van der Waals surface area contributed by atoms with Crippen molar-refractivity contribution in [2.75, 3.05) is 43.1 Å². The normalized spacial score (nSPS) is 10.9. The Morgan fingerprint density at radius 2 is 1.32 bits per heavy atom. The van der Waals surface area contributed by atoms with Gasteiger partial charge in [0.25, 0.3) is 23.6 Å². The lowest BCUT2D eigenvalue weighted by atomic mass is 10.2. The molecule has 4 N–H and O–H groups in total. The fourth-order valence-corrected chi connectivity index (χ4v) is 3.95. The Balaban J connectivity index is 1.39. The van der Waals surface area contributed by atoms with Crippen LogP contribution in [0, 0.1) is 0 Å². The highest BCUT2D eigenvalue weighted by Gasteiger charge is 2.20. The van der Waals surface area contributed by atoms with Crippen LogP contribution in [0.2, 0.25) is 0 Å². The number of nitrogens with one attached hydrogen (secondary N) is 4. The van der Waals surface area contributed by atoms with Crippen molar-refractivity contribution in [1.29, 1.82) is 0 Å². The monoisotopic (exact) mass is 560 g/mol. The average molecular weight is 561 g/mol. The molecule has 0 bridgehead atoms. The van der Waals surface area contributed by atoms with Crippen molar-refractivity contribution in [3.8, 4) is 0 Å². The Morgan fingerprint density at radius 1 is 0.732 bits per heavy atom. The van der Waals surface area contributed by atoms with E-state index in [0.717, 1.165) is 0 Å². The van der Waals surface area contributed by atoms with E-state index in [4.69, 9.17) is 0 Å². The minimum Gasteiger partial charge on any atom is -0.348 e. The maximum absolute atomic E-state index is 13.0. The summed E-state index contributed by atoms with van der Waals surface area (Å²) in [5.74, 6) is -1.05. The zero-order chi connectivity index (χ0) is 29.7. The van der Waals surface area contributed by atoms with Crippen molar-refractivity contribution >= 4 is 41.0 Å². The van der Waals surface area contributed by atoms with E-state index < -0.39 is 11.8 Å². The molecule has 1 aromatic carbocycles. The third-order valence-corrected chi connectivity index (χ3v) is 6.02. The standard InChI is InChI=1S/C27H32N10O4/c1-34(2)12-11-28-26(40)22-30-21(16-36(22)4)33-25(39)19-13-18(14-35(19)3)29-27(41)23-31-20(15-37(23)5)32-24(38)17-9-7-6-8-10-17/h6-10,13-16H,11-12H2,1-5H3,(H,28,40)(H,29,41)(H,32,38)(H,33,39). The Bertz CT molecular complexity index is 1580. The second-order valence-electron chi connectivity index (χ2n) is 9.63. The number of benzene rings is 1. The Morgan fingerprint density at radius 3 is 1.93 bits per heavy atom. The molecule has 0 aliphatic carbocycles. The SMILES string of the molecule is CN(C)CCNC(=O)c1nc(NC(=O)c2cc(NC(=O)c3nc(NC(=O)c4ccccc4)cn3C)cn2C)cn1C. The number of anilines is 3. The van der Waals surface area contributed by atoms with E-state index in [1.165, 1.54) is 21.4 Å². The van der Waals surface area contributed by atoms with Crippen LogP contribution in [0.4, 0.5) is 17.3 Å². The predicted octanol–water partition coefficient (Wildman–Crippen LogP) is 1.54. The first-order chi connectivity index (χ1) is 19.5. The summed E-state index contributed by atoms with van der Waals surface area (Å²) in [6, 6.07) is 10.2. The van der Waals surface area contributed by atoms with Gasteiger partial charge in [-0.3, -0.25) is 19.2 Å². The molecule has 0 saturated carbocycles. The molecule has 0 saturated heterocycles. The van der Waals surface area contributed by atoms with Crippen LogP contribution in [0.15, 0.2) is 55.0 Å². The van der Waals surface area contributed by atoms with E-state index >= 15 is 0 Å². The van der Waals surface area contributed by atoms with E-state index in [0.29, 0.717) is 24.3 Å². The molecule has 214 valence electrons. The number of hydrogen-bond donors (Lipinski definition) is 4. The van der Waals surface area contributed by atoms with Crippen LogP contribution in [0.3, 0.4) is 0 Å². The molecule has 0 aliphatic rings. The number of rotatable bonds is 10.